The zero-order valence-electron chi connectivity index (χ0n) is 11.2. The fourth-order valence-corrected chi connectivity index (χ4v) is 3.33. The molecule has 1 saturated carbocycles. The Morgan fingerprint density at radius 1 is 1.40 bits per heavy atom. The van der Waals surface area contributed by atoms with E-state index in [0.29, 0.717) is 12.5 Å². The maximum atomic E-state index is 12.0. The van der Waals surface area contributed by atoms with E-state index in [-0.39, 0.29) is 5.91 Å². The lowest BCUT2D eigenvalue weighted by Crippen LogP contribution is -2.33. The monoisotopic (exact) mass is 287 g/mol. The predicted octanol–water partition coefficient (Wildman–Crippen LogP) is 2.81. The summed E-state index contributed by atoms with van der Waals surface area (Å²) in [6.07, 6.45) is 8.59. The second-order valence-corrected chi connectivity index (χ2v) is 5.97. The summed E-state index contributed by atoms with van der Waals surface area (Å²) in [7, 11) is 0. The maximum Gasteiger partial charge on any atom is 0.226 e. The van der Waals surface area contributed by atoms with Crippen molar-refractivity contribution in [2.75, 3.05) is 0 Å². The number of amides is 1. The van der Waals surface area contributed by atoms with Crippen molar-refractivity contribution in [3.05, 3.63) is 35.6 Å². The molecule has 104 valence electrons. The molecule has 1 amide bonds. The predicted molar refractivity (Wildman–Crippen MR) is 79.4 cm³/mol. The highest BCUT2D eigenvalue weighted by Crippen LogP contribution is 2.23. The summed E-state index contributed by atoms with van der Waals surface area (Å²) >= 11 is 1.56. The molecule has 20 heavy (non-hydrogen) atoms. The number of hydrogen-bond acceptors (Lipinski definition) is 4. The lowest BCUT2D eigenvalue weighted by molar-refractivity contribution is -0.121. The lowest BCUT2D eigenvalue weighted by Gasteiger charge is -2.10. The summed E-state index contributed by atoms with van der Waals surface area (Å²) in [6.45, 7) is 0. The quantitative estimate of drug-likeness (QED) is 0.940. The van der Waals surface area contributed by atoms with Crippen LogP contribution in [0, 0.1) is 0 Å². The van der Waals surface area contributed by atoms with Gasteiger partial charge in [-0.2, -0.15) is 0 Å². The molecular formula is C15H17N3OS. The largest absolute Gasteiger partial charge is 0.353 e. The minimum Gasteiger partial charge on any atom is -0.353 e. The van der Waals surface area contributed by atoms with Crippen LogP contribution in [0.25, 0.3) is 10.6 Å². The van der Waals surface area contributed by atoms with E-state index in [1.54, 1.807) is 23.7 Å². The molecule has 3 rings (SSSR count). The molecule has 0 atom stereocenters. The Hall–Kier alpha value is -1.75. The molecular weight excluding hydrogens is 270 g/mol. The first-order chi connectivity index (χ1) is 9.81. The molecule has 0 bridgehead atoms. The number of nitrogens with zero attached hydrogens (tertiary/aromatic N) is 2. The highest BCUT2D eigenvalue weighted by Gasteiger charge is 2.17. The van der Waals surface area contributed by atoms with Crippen LogP contribution in [0.15, 0.2) is 29.9 Å². The van der Waals surface area contributed by atoms with E-state index >= 15 is 0 Å². The summed E-state index contributed by atoms with van der Waals surface area (Å²) in [5.41, 5.74) is 1.84. The Morgan fingerprint density at radius 3 is 3.00 bits per heavy atom. The molecule has 1 aliphatic rings. The SMILES string of the molecule is O=C(Cc1csc(-c2cccnc2)n1)NC1CCCC1. The van der Waals surface area contributed by atoms with Crippen LogP contribution in [0.4, 0.5) is 0 Å². The highest BCUT2D eigenvalue weighted by atomic mass is 32.1. The van der Waals surface area contributed by atoms with Gasteiger partial charge in [0.15, 0.2) is 0 Å². The van der Waals surface area contributed by atoms with Crippen LogP contribution < -0.4 is 5.32 Å². The summed E-state index contributed by atoms with van der Waals surface area (Å²) in [4.78, 5) is 20.6. The van der Waals surface area contributed by atoms with Gasteiger partial charge in [-0.3, -0.25) is 9.78 Å². The first kappa shape index (κ1) is 13.2. The number of nitrogens with one attached hydrogen (secondary N) is 1. The van der Waals surface area contributed by atoms with Crippen molar-refractivity contribution in [3.63, 3.8) is 0 Å². The van der Waals surface area contributed by atoms with Gasteiger partial charge in [-0.25, -0.2) is 4.98 Å². The van der Waals surface area contributed by atoms with Crippen LogP contribution in [0.2, 0.25) is 0 Å². The van der Waals surface area contributed by atoms with E-state index < -0.39 is 0 Å². The van der Waals surface area contributed by atoms with E-state index in [1.165, 1.54) is 12.8 Å². The Balaban J connectivity index is 1.61. The molecule has 1 N–H and O–H groups in total. The van der Waals surface area contributed by atoms with Crippen LogP contribution in [0.3, 0.4) is 0 Å². The van der Waals surface area contributed by atoms with Gasteiger partial charge in [-0.15, -0.1) is 11.3 Å². The average molecular weight is 287 g/mol. The van der Waals surface area contributed by atoms with Gasteiger partial charge in [0.2, 0.25) is 5.91 Å². The number of rotatable bonds is 4. The van der Waals surface area contributed by atoms with Gasteiger partial charge >= 0.3 is 0 Å². The van der Waals surface area contributed by atoms with Crippen molar-refractivity contribution in [2.45, 2.75) is 38.1 Å². The third-order valence-corrected chi connectivity index (χ3v) is 4.46. The van der Waals surface area contributed by atoms with Gasteiger partial charge in [0.25, 0.3) is 0 Å². The van der Waals surface area contributed by atoms with Crippen molar-refractivity contribution in [1.29, 1.82) is 0 Å². The molecule has 2 aromatic heterocycles. The summed E-state index contributed by atoms with van der Waals surface area (Å²) in [6, 6.07) is 4.25. The normalized spacial score (nSPS) is 15.4. The van der Waals surface area contributed by atoms with Gasteiger partial charge < -0.3 is 5.32 Å². The maximum absolute atomic E-state index is 12.0. The molecule has 0 spiro atoms. The fraction of sp³-hybridized carbons (Fsp3) is 0.400. The van der Waals surface area contributed by atoms with Crippen LogP contribution in [-0.2, 0) is 11.2 Å². The molecule has 1 aliphatic carbocycles. The molecule has 4 nitrogen and oxygen atoms in total. The van der Waals surface area contributed by atoms with Crippen molar-refractivity contribution < 1.29 is 4.79 Å². The Morgan fingerprint density at radius 2 is 2.25 bits per heavy atom. The van der Waals surface area contributed by atoms with Crippen molar-refractivity contribution in [2.24, 2.45) is 0 Å². The summed E-state index contributed by atoms with van der Waals surface area (Å²) in [5.74, 6) is 0.0833. The number of carbonyl (C=O) groups is 1. The molecule has 5 heteroatoms. The van der Waals surface area contributed by atoms with Crippen molar-refractivity contribution in [3.8, 4) is 10.6 Å². The van der Waals surface area contributed by atoms with Crippen LogP contribution in [0.1, 0.15) is 31.4 Å². The number of carbonyl (C=O) groups excluding carboxylic acids is 1. The third-order valence-electron chi connectivity index (χ3n) is 3.52. The summed E-state index contributed by atoms with van der Waals surface area (Å²) in [5, 5.41) is 5.96. The lowest BCUT2D eigenvalue weighted by atomic mass is 10.2. The van der Waals surface area contributed by atoms with Crippen LogP contribution in [0.5, 0.6) is 0 Å². The molecule has 0 aromatic carbocycles. The number of hydrogen-bond donors (Lipinski definition) is 1. The molecule has 0 unspecified atom stereocenters. The van der Waals surface area contributed by atoms with Gasteiger partial charge in [0.05, 0.1) is 12.1 Å². The van der Waals surface area contributed by atoms with Crippen molar-refractivity contribution >= 4 is 17.2 Å². The zero-order valence-corrected chi connectivity index (χ0v) is 12.0. The Kier molecular flexibility index (Phi) is 4.06. The fourth-order valence-electron chi connectivity index (χ4n) is 2.52. The number of aromatic nitrogens is 2. The minimum absolute atomic E-state index is 0.0833. The topological polar surface area (TPSA) is 54.9 Å². The van der Waals surface area contributed by atoms with E-state index in [0.717, 1.165) is 29.1 Å². The van der Waals surface area contributed by atoms with Gasteiger partial charge in [-0.1, -0.05) is 12.8 Å². The van der Waals surface area contributed by atoms with Gasteiger partial charge in [0, 0.05) is 29.4 Å². The molecule has 1 fully saturated rings. The number of pyridine rings is 1. The second kappa shape index (κ2) is 6.13. The molecule has 0 radical (unpaired) electrons. The van der Waals surface area contributed by atoms with E-state index in [2.05, 4.69) is 15.3 Å². The number of thiazole rings is 1. The van der Waals surface area contributed by atoms with Crippen LogP contribution in [-0.4, -0.2) is 21.9 Å². The smallest absolute Gasteiger partial charge is 0.226 e. The van der Waals surface area contributed by atoms with Gasteiger partial charge in [-0.05, 0) is 25.0 Å². The van der Waals surface area contributed by atoms with E-state index in [4.69, 9.17) is 0 Å². The van der Waals surface area contributed by atoms with E-state index in [9.17, 15) is 4.79 Å². The first-order valence-corrected chi connectivity index (χ1v) is 7.83. The molecule has 0 aliphatic heterocycles. The Labute approximate surface area is 122 Å². The molecule has 2 aromatic rings. The zero-order chi connectivity index (χ0) is 13.8. The van der Waals surface area contributed by atoms with Crippen LogP contribution >= 0.6 is 11.3 Å². The van der Waals surface area contributed by atoms with Gasteiger partial charge in [0.1, 0.15) is 5.01 Å². The molecule has 0 saturated heterocycles. The standard InChI is InChI=1S/C15H17N3OS/c19-14(17-12-5-1-2-6-12)8-13-10-20-15(18-13)11-4-3-7-16-9-11/h3-4,7,9-10,12H,1-2,5-6,8H2,(H,17,19). The third kappa shape index (κ3) is 3.22. The second-order valence-electron chi connectivity index (χ2n) is 5.11. The average Bonchev–Trinajstić information content (AvgIpc) is 3.11. The first-order valence-electron chi connectivity index (χ1n) is 6.95. The minimum atomic E-state index is 0.0833. The highest BCUT2D eigenvalue weighted by molar-refractivity contribution is 7.13. The van der Waals surface area contributed by atoms with Crippen molar-refractivity contribution in [1.82, 2.24) is 15.3 Å². The summed E-state index contributed by atoms with van der Waals surface area (Å²) < 4.78 is 0. The molecule has 2 heterocycles. The van der Waals surface area contributed by atoms with E-state index in [1.807, 2.05) is 17.5 Å². The Bertz CT molecular complexity index is 576.